The van der Waals surface area contributed by atoms with Crippen molar-refractivity contribution in [1.82, 2.24) is 0 Å². The lowest BCUT2D eigenvalue weighted by atomic mass is 9.48. The zero-order valence-corrected chi connectivity index (χ0v) is 10.7. The molecule has 18 heavy (non-hydrogen) atoms. The SMILES string of the molecule is O=C1CC(CC23CC4CC(CC(C4)C2)C3)C(=O)O1. The summed E-state index contributed by atoms with van der Waals surface area (Å²) in [6.45, 7) is 0. The molecular weight excluding hydrogens is 228 g/mol. The Morgan fingerprint density at radius 2 is 1.56 bits per heavy atom. The van der Waals surface area contributed by atoms with Gasteiger partial charge in [-0.15, -0.1) is 0 Å². The van der Waals surface area contributed by atoms with Gasteiger partial charge >= 0.3 is 11.9 Å². The van der Waals surface area contributed by atoms with Crippen LogP contribution < -0.4 is 0 Å². The van der Waals surface area contributed by atoms with E-state index in [1.54, 1.807) is 0 Å². The molecule has 1 atom stereocenters. The molecular formula is C15H20O3. The normalized spacial score (nSPS) is 49.8. The minimum Gasteiger partial charge on any atom is -0.393 e. The highest BCUT2D eigenvalue weighted by Gasteiger charge is 2.52. The third-order valence-electron chi connectivity index (χ3n) is 5.81. The minimum atomic E-state index is -0.310. The Morgan fingerprint density at radius 1 is 1.00 bits per heavy atom. The zero-order valence-electron chi connectivity index (χ0n) is 10.7. The van der Waals surface area contributed by atoms with E-state index in [0.717, 1.165) is 24.2 Å². The summed E-state index contributed by atoms with van der Waals surface area (Å²) in [4.78, 5) is 22.9. The van der Waals surface area contributed by atoms with E-state index in [2.05, 4.69) is 0 Å². The molecule has 1 saturated heterocycles. The monoisotopic (exact) mass is 248 g/mol. The van der Waals surface area contributed by atoms with Crippen LogP contribution in [-0.4, -0.2) is 11.9 Å². The number of hydrogen-bond donors (Lipinski definition) is 0. The summed E-state index contributed by atoms with van der Waals surface area (Å²) in [5, 5.41) is 0. The molecule has 5 fully saturated rings. The van der Waals surface area contributed by atoms with E-state index in [1.165, 1.54) is 38.5 Å². The molecule has 5 aliphatic rings. The number of rotatable bonds is 2. The summed E-state index contributed by atoms with van der Waals surface area (Å²) in [5.41, 5.74) is 0.378. The molecule has 98 valence electrons. The maximum Gasteiger partial charge on any atom is 0.317 e. The van der Waals surface area contributed by atoms with E-state index in [0.29, 0.717) is 11.8 Å². The van der Waals surface area contributed by atoms with E-state index >= 15 is 0 Å². The summed E-state index contributed by atoms with van der Waals surface area (Å²) < 4.78 is 4.71. The minimum absolute atomic E-state index is 0.131. The second kappa shape index (κ2) is 3.58. The highest BCUT2D eigenvalue weighted by molar-refractivity contribution is 5.94. The average Bonchev–Trinajstić information content (AvgIpc) is 2.54. The van der Waals surface area contributed by atoms with Gasteiger partial charge in [0.2, 0.25) is 0 Å². The number of cyclic esters (lactones) is 2. The van der Waals surface area contributed by atoms with Crippen molar-refractivity contribution in [2.75, 3.05) is 0 Å². The van der Waals surface area contributed by atoms with Crippen molar-refractivity contribution in [3.8, 4) is 0 Å². The van der Waals surface area contributed by atoms with E-state index in [9.17, 15) is 9.59 Å². The van der Waals surface area contributed by atoms with Crippen LogP contribution >= 0.6 is 0 Å². The quantitative estimate of drug-likeness (QED) is 0.557. The first-order chi connectivity index (χ1) is 8.62. The Kier molecular flexibility index (Phi) is 2.19. The third-order valence-corrected chi connectivity index (χ3v) is 5.81. The molecule has 1 aliphatic heterocycles. The van der Waals surface area contributed by atoms with E-state index in [-0.39, 0.29) is 17.9 Å². The van der Waals surface area contributed by atoms with Crippen molar-refractivity contribution in [3.05, 3.63) is 0 Å². The Labute approximate surface area is 107 Å². The first kappa shape index (κ1) is 11.0. The largest absolute Gasteiger partial charge is 0.393 e. The van der Waals surface area contributed by atoms with Crippen molar-refractivity contribution in [1.29, 1.82) is 0 Å². The molecule has 0 aromatic rings. The smallest absolute Gasteiger partial charge is 0.317 e. The molecule has 0 amide bonds. The lowest BCUT2D eigenvalue weighted by Crippen LogP contribution is -2.47. The Morgan fingerprint density at radius 3 is 2.00 bits per heavy atom. The molecule has 0 N–H and O–H groups in total. The van der Waals surface area contributed by atoms with Crippen LogP contribution in [0.1, 0.15) is 51.4 Å². The van der Waals surface area contributed by atoms with Gasteiger partial charge in [-0.1, -0.05) is 0 Å². The fourth-order valence-corrected chi connectivity index (χ4v) is 5.74. The second-order valence-corrected chi connectivity index (χ2v) is 7.32. The standard InChI is InChI=1S/C15H20O3/c16-13-4-12(14(17)18-13)8-15-5-9-1-10(6-15)3-11(2-9)7-15/h9-12H,1-8H2. The van der Waals surface area contributed by atoms with Gasteiger partial charge in [0, 0.05) is 0 Å². The van der Waals surface area contributed by atoms with Crippen LogP contribution in [0.5, 0.6) is 0 Å². The van der Waals surface area contributed by atoms with Crippen molar-refractivity contribution in [2.45, 2.75) is 51.4 Å². The molecule has 1 unspecified atom stereocenters. The van der Waals surface area contributed by atoms with Crippen LogP contribution in [-0.2, 0) is 14.3 Å². The Hall–Kier alpha value is -0.860. The van der Waals surface area contributed by atoms with Crippen LogP contribution in [0.15, 0.2) is 0 Å². The molecule has 0 radical (unpaired) electrons. The van der Waals surface area contributed by atoms with Crippen molar-refractivity contribution < 1.29 is 14.3 Å². The van der Waals surface area contributed by atoms with Gasteiger partial charge in [0.05, 0.1) is 12.3 Å². The Balaban J connectivity index is 1.54. The number of carbonyl (C=O) groups is 2. The average molecular weight is 248 g/mol. The van der Waals surface area contributed by atoms with Gasteiger partial charge in [-0.25, -0.2) is 0 Å². The fourth-order valence-electron chi connectivity index (χ4n) is 5.74. The van der Waals surface area contributed by atoms with Gasteiger partial charge in [0.15, 0.2) is 0 Å². The third kappa shape index (κ3) is 1.63. The second-order valence-electron chi connectivity index (χ2n) is 7.32. The lowest BCUT2D eigenvalue weighted by molar-refractivity contribution is -0.154. The number of hydrogen-bond acceptors (Lipinski definition) is 3. The van der Waals surface area contributed by atoms with E-state index in [1.807, 2.05) is 0 Å². The van der Waals surface area contributed by atoms with Crippen molar-refractivity contribution >= 4 is 11.9 Å². The molecule has 4 bridgehead atoms. The highest BCUT2D eigenvalue weighted by Crippen LogP contribution is 2.62. The Bertz CT molecular complexity index is 377. The maximum atomic E-state index is 11.7. The van der Waals surface area contributed by atoms with Crippen LogP contribution in [0.2, 0.25) is 0 Å². The summed E-state index contributed by atoms with van der Waals surface area (Å²) in [7, 11) is 0. The molecule has 0 aromatic carbocycles. The van der Waals surface area contributed by atoms with Gasteiger partial charge in [0.25, 0.3) is 0 Å². The van der Waals surface area contributed by atoms with E-state index < -0.39 is 0 Å². The fraction of sp³-hybridized carbons (Fsp3) is 0.867. The van der Waals surface area contributed by atoms with Gasteiger partial charge in [0.1, 0.15) is 0 Å². The summed E-state index contributed by atoms with van der Waals surface area (Å²) in [5.74, 6) is 2.03. The van der Waals surface area contributed by atoms with Gasteiger partial charge < -0.3 is 4.74 Å². The number of carbonyl (C=O) groups excluding carboxylic acids is 2. The predicted molar refractivity (Wildman–Crippen MR) is 64.4 cm³/mol. The highest BCUT2D eigenvalue weighted by atomic mass is 16.6. The van der Waals surface area contributed by atoms with Gasteiger partial charge in [-0.05, 0) is 68.1 Å². The molecule has 5 rings (SSSR count). The maximum absolute atomic E-state index is 11.7. The number of esters is 2. The van der Waals surface area contributed by atoms with Crippen LogP contribution in [0, 0.1) is 29.1 Å². The topological polar surface area (TPSA) is 43.4 Å². The lowest BCUT2D eigenvalue weighted by Gasteiger charge is -2.57. The molecule has 0 aromatic heterocycles. The van der Waals surface area contributed by atoms with Crippen LogP contribution in [0.25, 0.3) is 0 Å². The number of ether oxygens (including phenoxy) is 1. The van der Waals surface area contributed by atoms with Crippen LogP contribution in [0.4, 0.5) is 0 Å². The molecule has 0 spiro atoms. The van der Waals surface area contributed by atoms with Gasteiger partial charge in [-0.3, -0.25) is 9.59 Å². The van der Waals surface area contributed by atoms with Crippen LogP contribution in [0.3, 0.4) is 0 Å². The molecule has 3 heteroatoms. The molecule has 4 saturated carbocycles. The first-order valence-electron chi connectivity index (χ1n) is 7.36. The summed E-state index contributed by atoms with van der Waals surface area (Å²) in [6, 6.07) is 0. The zero-order chi connectivity index (χ0) is 12.3. The molecule has 3 nitrogen and oxygen atoms in total. The predicted octanol–water partition coefficient (Wildman–Crippen LogP) is 2.68. The molecule has 1 heterocycles. The van der Waals surface area contributed by atoms with E-state index in [4.69, 9.17) is 4.74 Å². The van der Waals surface area contributed by atoms with Crippen molar-refractivity contribution in [3.63, 3.8) is 0 Å². The summed E-state index contributed by atoms with van der Waals surface area (Å²) >= 11 is 0. The summed E-state index contributed by atoms with van der Waals surface area (Å²) in [6.07, 6.45) is 9.43. The van der Waals surface area contributed by atoms with Crippen molar-refractivity contribution in [2.24, 2.45) is 29.1 Å². The molecule has 4 aliphatic carbocycles. The van der Waals surface area contributed by atoms with Gasteiger partial charge in [-0.2, -0.15) is 0 Å². The first-order valence-corrected chi connectivity index (χ1v) is 7.36.